The second-order valence-corrected chi connectivity index (χ2v) is 5.06. The van der Waals surface area contributed by atoms with Crippen LogP contribution < -0.4 is 10.6 Å². The topological polar surface area (TPSA) is 64.9 Å². The summed E-state index contributed by atoms with van der Waals surface area (Å²) < 4.78 is 13.6. The summed E-state index contributed by atoms with van der Waals surface area (Å²) in [6.07, 6.45) is 0. The molecule has 2 aromatic rings. The lowest BCUT2D eigenvalue weighted by Gasteiger charge is -2.09. The zero-order valence-corrected chi connectivity index (χ0v) is 12.3. The molecule has 0 aliphatic rings. The van der Waals surface area contributed by atoms with Crippen molar-refractivity contribution in [1.82, 2.24) is 0 Å². The number of carbonyl (C=O) groups is 1. The van der Waals surface area contributed by atoms with Crippen LogP contribution in [0.3, 0.4) is 0 Å². The summed E-state index contributed by atoms with van der Waals surface area (Å²) in [5.74, 6) is -0.359. The van der Waals surface area contributed by atoms with E-state index >= 15 is 0 Å². The van der Waals surface area contributed by atoms with Gasteiger partial charge in [-0.3, -0.25) is 0 Å². The zero-order valence-electron chi connectivity index (χ0n) is 10.2. The SMILES string of the molecule is N#Cc1cccc(NC(=O)Nc2ccc(F)cc2I)c1. The van der Waals surface area contributed by atoms with Crippen molar-refractivity contribution in [3.8, 4) is 6.07 Å². The van der Waals surface area contributed by atoms with E-state index in [1.54, 1.807) is 24.3 Å². The van der Waals surface area contributed by atoms with Gasteiger partial charge >= 0.3 is 6.03 Å². The molecule has 0 aromatic heterocycles. The molecule has 20 heavy (non-hydrogen) atoms. The van der Waals surface area contributed by atoms with Crippen molar-refractivity contribution < 1.29 is 9.18 Å². The number of halogens is 2. The summed E-state index contributed by atoms with van der Waals surface area (Å²) in [6, 6.07) is 12.2. The van der Waals surface area contributed by atoms with E-state index in [9.17, 15) is 9.18 Å². The van der Waals surface area contributed by atoms with Crippen LogP contribution in [0.5, 0.6) is 0 Å². The van der Waals surface area contributed by atoms with Gasteiger partial charge in [-0.15, -0.1) is 0 Å². The standard InChI is InChI=1S/C14H9FIN3O/c15-10-4-5-13(12(16)7-10)19-14(20)18-11-3-1-2-9(6-11)8-17/h1-7H,(H2,18,19,20). The van der Waals surface area contributed by atoms with Crippen LogP contribution in [0.4, 0.5) is 20.6 Å². The zero-order chi connectivity index (χ0) is 14.5. The third kappa shape index (κ3) is 3.68. The second kappa shape index (κ2) is 6.34. The number of urea groups is 1. The van der Waals surface area contributed by atoms with Gasteiger partial charge in [-0.2, -0.15) is 5.26 Å². The number of amides is 2. The van der Waals surface area contributed by atoms with Crippen LogP contribution in [0.25, 0.3) is 0 Å². The van der Waals surface area contributed by atoms with Gasteiger partial charge in [-0.1, -0.05) is 6.07 Å². The summed E-state index contributed by atoms with van der Waals surface area (Å²) in [5, 5.41) is 14.0. The number of hydrogen-bond acceptors (Lipinski definition) is 2. The number of benzene rings is 2. The fraction of sp³-hybridized carbons (Fsp3) is 0. The Morgan fingerprint density at radius 3 is 2.70 bits per heavy atom. The van der Waals surface area contributed by atoms with Crippen LogP contribution >= 0.6 is 22.6 Å². The number of rotatable bonds is 2. The Hall–Kier alpha value is -2.14. The Balaban J connectivity index is 2.07. The largest absolute Gasteiger partial charge is 0.323 e. The Morgan fingerprint density at radius 1 is 1.20 bits per heavy atom. The van der Waals surface area contributed by atoms with Crippen molar-refractivity contribution in [2.75, 3.05) is 10.6 Å². The van der Waals surface area contributed by atoms with Gasteiger partial charge in [-0.05, 0) is 59.0 Å². The third-order valence-electron chi connectivity index (χ3n) is 2.43. The van der Waals surface area contributed by atoms with Crippen LogP contribution in [-0.2, 0) is 0 Å². The molecule has 0 aliphatic heterocycles. The molecule has 6 heteroatoms. The van der Waals surface area contributed by atoms with E-state index in [-0.39, 0.29) is 5.82 Å². The van der Waals surface area contributed by atoms with E-state index in [1.807, 2.05) is 28.7 Å². The molecule has 2 amide bonds. The Kier molecular flexibility index (Phi) is 4.53. The molecule has 100 valence electrons. The van der Waals surface area contributed by atoms with Gasteiger partial charge in [0, 0.05) is 9.26 Å². The van der Waals surface area contributed by atoms with Gasteiger partial charge in [0.25, 0.3) is 0 Å². The first kappa shape index (κ1) is 14.3. The summed E-state index contributed by atoms with van der Waals surface area (Å²) >= 11 is 1.94. The Labute approximate surface area is 128 Å². The monoisotopic (exact) mass is 381 g/mol. The lowest BCUT2D eigenvalue weighted by Crippen LogP contribution is -2.20. The third-order valence-corrected chi connectivity index (χ3v) is 3.32. The number of nitriles is 1. The minimum atomic E-state index is -0.454. The fourth-order valence-electron chi connectivity index (χ4n) is 1.54. The molecule has 0 fully saturated rings. The highest BCUT2D eigenvalue weighted by Gasteiger charge is 2.06. The molecule has 0 radical (unpaired) electrons. The maximum Gasteiger partial charge on any atom is 0.323 e. The highest BCUT2D eigenvalue weighted by molar-refractivity contribution is 14.1. The van der Waals surface area contributed by atoms with E-state index < -0.39 is 6.03 Å². The lowest BCUT2D eigenvalue weighted by molar-refractivity contribution is 0.262. The lowest BCUT2D eigenvalue weighted by atomic mass is 10.2. The van der Waals surface area contributed by atoms with Gasteiger partial charge in [0.1, 0.15) is 5.82 Å². The summed E-state index contributed by atoms with van der Waals surface area (Å²) in [4.78, 5) is 11.8. The van der Waals surface area contributed by atoms with Crippen molar-refractivity contribution in [2.45, 2.75) is 0 Å². The van der Waals surface area contributed by atoms with Gasteiger partial charge in [0.05, 0.1) is 17.3 Å². The number of hydrogen-bond donors (Lipinski definition) is 2. The van der Waals surface area contributed by atoms with Gasteiger partial charge in [0.2, 0.25) is 0 Å². The number of anilines is 2. The Morgan fingerprint density at radius 2 is 2.00 bits per heavy atom. The minimum Gasteiger partial charge on any atom is -0.308 e. The van der Waals surface area contributed by atoms with E-state index in [1.165, 1.54) is 18.2 Å². The van der Waals surface area contributed by atoms with Gasteiger partial charge < -0.3 is 10.6 Å². The van der Waals surface area contributed by atoms with Gasteiger partial charge in [-0.25, -0.2) is 9.18 Å². The summed E-state index contributed by atoms with van der Waals surface area (Å²) in [6.45, 7) is 0. The van der Waals surface area contributed by atoms with Crippen LogP contribution in [-0.4, -0.2) is 6.03 Å². The summed E-state index contributed by atoms with van der Waals surface area (Å²) in [5.41, 5.74) is 1.48. The molecule has 2 aromatic carbocycles. The summed E-state index contributed by atoms with van der Waals surface area (Å²) in [7, 11) is 0. The molecule has 4 nitrogen and oxygen atoms in total. The maximum atomic E-state index is 13.0. The second-order valence-electron chi connectivity index (χ2n) is 3.90. The molecule has 0 unspecified atom stereocenters. The van der Waals surface area contributed by atoms with Crippen molar-refractivity contribution in [3.05, 3.63) is 57.4 Å². The van der Waals surface area contributed by atoms with Crippen molar-refractivity contribution in [3.63, 3.8) is 0 Å². The average molecular weight is 381 g/mol. The van der Waals surface area contributed by atoms with Crippen LogP contribution in [0.15, 0.2) is 42.5 Å². The van der Waals surface area contributed by atoms with Crippen molar-refractivity contribution in [2.24, 2.45) is 0 Å². The predicted octanol–water partition coefficient (Wildman–Crippen LogP) is 3.95. The highest BCUT2D eigenvalue weighted by Crippen LogP contribution is 2.19. The molecule has 2 rings (SSSR count). The predicted molar refractivity (Wildman–Crippen MR) is 82.9 cm³/mol. The van der Waals surface area contributed by atoms with Crippen molar-refractivity contribution in [1.29, 1.82) is 5.26 Å². The molecule has 0 spiro atoms. The van der Waals surface area contributed by atoms with Crippen LogP contribution in [0.1, 0.15) is 5.56 Å². The first-order valence-electron chi connectivity index (χ1n) is 5.62. The van der Waals surface area contributed by atoms with Crippen LogP contribution in [0.2, 0.25) is 0 Å². The first-order valence-corrected chi connectivity index (χ1v) is 6.69. The first-order chi connectivity index (χ1) is 9.58. The van der Waals surface area contributed by atoms with E-state index in [0.29, 0.717) is 20.5 Å². The molecule has 0 heterocycles. The minimum absolute atomic E-state index is 0.359. The quantitative estimate of drug-likeness (QED) is 0.774. The number of carbonyl (C=O) groups excluding carboxylic acids is 1. The van der Waals surface area contributed by atoms with Gasteiger partial charge in [0.15, 0.2) is 0 Å². The molecule has 0 bridgehead atoms. The normalized spacial score (nSPS) is 9.65. The molecule has 0 saturated carbocycles. The number of nitrogens with zero attached hydrogens (tertiary/aromatic N) is 1. The molecule has 2 N–H and O–H groups in total. The van der Waals surface area contributed by atoms with E-state index in [0.717, 1.165) is 0 Å². The fourth-order valence-corrected chi connectivity index (χ4v) is 2.15. The molecular weight excluding hydrogens is 372 g/mol. The average Bonchev–Trinajstić information content (AvgIpc) is 2.42. The number of nitrogens with one attached hydrogen (secondary N) is 2. The van der Waals surface area contributed by atoms with Crippen LogP contribution in [0, 0.1) is 20.7 Å². The maximum absolute atomic E-state index is 13.0. The van der Waals surface area contributed by atoms with E-state index in [2.05, 4.69) is 10.6 Å². The molecule has 0 aliphatic carbocycles. The van der Waals surface area contributed by atoms with E-state index in [4.69, 9.17) is 5.26 Å². The Bertz CT molecular complexity index is 697. The molecular formula is C14H9FIN3O. The van der Waals surface area contributed by atoms with Crippen molar-refractivity contribution >= 4 is 40.0 Å². The molecule has 0 saturated heterocycles. The highest BCUT2D eigenvalue weighted by atomic mass is 127. The smallest absolute Gasteiger partial charge is 0.308 e. The molecule has 0 atom stereocenters.